The van der Waals surface area contributed by atoms with Crippen LogP contribution in [0.25, 0.3) is 10.9 Å². The van der Waals surface area contributed by atoms with Gasteiger partial charge in [-0.05, 0) is 30.7 Å². The zero-order valence-electron chi connectivity index (χ0n) is 9.53. The molecule has 0 fully saturated rings. The number of hydrogen-bond acceptors (Lipinski definition) is 2. The van der Waals surface area contributed by atoms with Crippen LogP contribution < -0.4 is 5.32 Å². The van der Waals surface area contributed by atoms with Gasteiger partial charge in [-0.1, -0.05) is 6.92 Å². The van der Waals surface area contributed by atoms with Crippen LogP contribution in [-0.2, 0) is 0 Å². The summed E-state index contributed by atoms with van der Waals surface area (Å²) in [5.74, 6) is -0.556. The van der Waals surface area contributed by atoms with Gasteiger partial charge in [0.2, 0.25) is 0 Å². The summed E-state index contributed by atoms with van der Waals surface area (Å²) in [6, 6.07) is 5.85. The van der Waals surface area contributed by atoms with Gasteiger partial charge in [0.05, 0.1) is 11.1 Å². The lowest BCUT2D eigenvalue weighted by molar-refractivity contribution is 0.0955. The summed E-state index contributed by atoms with van der Waals surface area (Å²) in [5, 5.41) is 3.31. The molecule has 0 spiro atoms. The van der Waals surface area contributed by atoms with Crippen molar-refractivity contribution in [1.82, 2.24) is 10.3 Å². The number of amides is 1. The molecule has 17 heavy (non-hydrogen) atoms. The van der Waals surface area contributed by atoms with Gasteiger partial charge >= 0.3 is 0 Å². The van der Waals surface area contributed by atoms with Crippen molar-refractivity contribution in [1.29, 1.82) is 0 Å². The fourth-order valence-electron chi connectivity index (χ4n) is 1.65. The predicted molar refractivity (Wildman–Crippen MR) is 64.3 cm³/mol. The van der Waals surface area contributed by atoms with Crippen molar-refractivity contribution < 1.29 is 9.18 Å². The van der Waals surface area contributed by atoms with Crippen molar-refractivity contribution in [3.63, 3.8) is 0 Å². The maximum atomic E-state index is 13.2. The van der Waals surface area contributed by atoms with Gasteiger partial charge in [-0.3, -0.25) is 9.78 Å². The summed E-state index contributed by atoms with van der Waals surface area (Å²) >= 11 is 0. The fourth-order valence-corrected chi connectivity index (χ4v) is 1.65. The number of halogens is 1. The van der Waals surface area contributed by atoms with Crippen LogP contribution in [0.1, 0.15) is 23.7 Å². The second-order valence-corrected chi connectivity index (χ2v) is 3.78. The number of nitrogens with one attached hydrogen (secondary N) is 1. The number of benzene rings is 1. The average molecular weight is 232 g/mol. The molecule has 0 saturated carbocycles. The van der Waals surface area contributed by atoms with Crippen molar-refractivity contribution in [2.24, 2.45) is 0 Å². The lowest BCUT2D eigenvalue weighted by Gasteiger charge is -2.06. The number of fused-ring (bicyclic) bond motifs is 1. The molecule has 2 rings (SSSR count). The second kappa shape index (κ2) is 4.91. The normalized spacial score (nSPS) is 10.5. The van der Waals surface area contributed by atoms with Crippen LogP contribution in [-0.4, -0.2) is 17.4 Å². The first kappa shape index (κ1) is 11.5. The Morgan fingerprint density at radius 3 is 3.00 bits per heavy atom. The molecule has 88 valence electrons. The molecule has 0 bridgehead atoms. The maximum Gasteiger partial charge on any atom is 0.252 e. The summed E-state index contributed by atoms with van der Waals surface area (Å²) in [6.45, 7) is 2.59. The van der Waals surface area contributed by atoms with Crippen molar-refractivity contribution in [3.8, 4) is 0 Å². The standard InChI is InChI=1S/C13H13FN2O/c1-2-6-16-13(17)10-5-7-15-12-4-3-9(14)8-11(10)12/h3-5,7-8H,2,6H2,1H3,(H,16,17). The van der Waals surface area contributed by atoms with Gasteiger partial charge in [-0.2, -0.15) is 0 Å². The van der Waals surface area contributed by atoms with Gasteiger partial charge in [-0.25, -0.2) is 4.39 Å². The van der Waals surface area contributed by atoms with E-state index in [4.69, 9.17) is 0 Å². The van der Waals surface area contributed by atoms with Gasteiger partial charge in [-0.15, -0.1) is 0 Å². The highest BCUT2D eigenvalue weighted by Gasteiger charge is 2.10. The molecule has 1 heterocycles. The minimum Gasteiger partial charge on any atom is -0.352 e. The van der Waals surface area contributed by atoms with Crippen LogP contribution in [0.4, 0.5) is 4.39 Å². The van der Waals surface area contributed by atoms with E-state index >= 15 is 0 Å². The molecule has 1 amide bonds. The van der Waals surface area contributed by atoms with E-state index in [9.17, 15) is 9.18 Å². The number of aromatic nitrogens is 1. The molecule has 1 aromatic carbocycles. The monoisotopic (exact) mass is 232 g/mol. The van der Waals surface area contributed by atoms with Crippen LogP contribution in [0, 0.1) is 5.82 Å². The van der Waals surface area contributed by atoms with Gasteiger partial charge in [0.25, 0.3) is 5.91 Å². The molecule has 1 N–H and O–H groups in total. The summed E-state index contributed by atoms with van der Waals surface area (Å²) in [5.41, 5.74) is 1.08. The van der Waals surface area contributed by atoms with E-state index in [0.29, 0.717) is 23.0 Å². The number of nitrogens with zero attached hydrogens (tertiary/aromatic N) is 1. The van der Waals surface area contributed by atoms with E-state index in [-0.39, 0.29) is 11.7 Å². The predicted octanol–water partition coefficient (Wildman–Crippen LogP) is 2.51. The summed E-state index contributed by atoms with van der Waals surface area (Å²) in [4.78, 5) is 16.0. The summed E-state index contributed by atoms with van der Waals surface area (Å²) < 4.78 is 13.2. The Labute approximate surface area is 98.7 Å². The second-order valence-electron chi connectivity index (χ2n) is 3.78. The topological polar surface area (TPSA) is 42.0 Å². The molecule has 2 aromatic rings. The zero-order valence-corrected chi connectivity index (χ0v) is 9.53. The molecule has 4 heteroatoms. The van der Waals surface area contributed by atoms with E-state index in [1.54, 1.807) is 18.3 Å². The Bertz CT molecular complexity index is 554. The maximum absolute atomic E-state index is 13.2. The molecule has 0 aliphatic carbocycles. The smallest absolute Gasteiger partial charge is 0.252 e. The molecule has 1 aromatic heterocycles. The Morgan fingerprint density at radius 2 is 2.24 bits per heavy atom. The molecule has 3 nitrogen and oxygen atoms in total. The quantitative estimate of drug-likeness (QED) is 0.883. The number of rotatable bonds is 3. The lowest BCUT2D eigenvalue weighted by atomic mass is 10.1. The number of carbonyl (C=O) groups is 1. The van der Waals surface area contributed by atoms with Crippen molar-refractivity contribution >= 4 is 16.8 Å². The van der Waals surface area contributed by atoms with E-state index in [1.165, 1.54) is 12.1 Å². The third-order valence-corrected chi connectivity index (χ3v) is 2.48. The SMILES string of the molecule is CCCNC(=O)c1ccnc2ccc(F)cc12. The molecule has 0 unspecified atom stereocenters. The van der Waals surface area contributed by atoms with E-state index in [2.05, 4.69) is 10.3 Å². The van der Waals surface area contributed by atoms with Crippen LogP contribution in [0.5, 0.6) is 0 Å². The van der Waals surface area contributed by atoms with Gasteiger partial charge in [0.1, 0.15) is 5.82 Å². The third kappa shape index (κ3) is 2.41. The molecule has 0 atom stereocenters. The van der Waals surface area contributed by atoms with E-state index in [0.717, 1.165) is 6.42 Å². The zero-order chi connectivity index (χ0) is 12.3. The van der Waals surface area contributed by atoms with Gasteiger partial charge < -0.3 is 5.32 Å². The first-order chi connectivity index (χ1) is 8.22. The highest BCUT2D eigenvalue weighted by molar-refractivity contribution is 6.05. The van der Waals surface area contributed by atoms with Crippen LogP contribution in [0.3, 0.4) is 0 Å². The Kier molecular flexibility index (Phi) is 3.32. The fraction of sp³-hybridized carbons (Fsp3) is 0.231. The lowest BCUT2D eigenvalue weighted by Crippen LogP contribution is -2.24. The van der Waals surface area contributed by atoms with E-state index < -0.39 is 0 Å². The molecular formula is C13H13FN2O. The number of hydrogen-bond donors (Lipinski definition) is 1. The molecule has 0 aliphatic rings. The molecular weight excluding hydrogens is 219 g/mol. The Hall–Kier alpha value is -1.97. The summed E-state index contributed by atoms with van der Waals surface area (Å²) in [6.07, 6.45) is 2.42. The minimum atomic E-state index is -0.366. The Morgan fingerprint density at radius 1 is 1.41 bits per heavy atom. The first-order valence-corrected chi connectivity index (χ1v) is 5.55. The van der Waals surface area contributed by atoms with Crippen LogP contribution >= 0.6 is 0 Å². The third-order valence-electron chi connectivity index (χ3n) is 2.48. The highest BCUT2D eigenvalue weighted by Crippen LogP contribution is 2.17. The summed E-state index contributed by atoms with van der Waals surface area (Å²) in [7, 11) is 0. The van der Waals surface area contributed by atoms with Gasteiger partial charge in [0, 0.05) is 18.1 Å². The van der Waals surface area contributed by atoms with Crippen molar-refractivity contribution in [2.45, 2.75) is 13.3 Å². The van der Waals surface area contributed by atoms with Crippen molar-refractivity contribution in [3.05, 3.63) is 41.8 Å². The number of pyridine rings is 1. The largest absolute Gasteiger partial charge is 0.352 e. The van der Waals surface area contributed by atoms with Gasteiger partial charge in [0.15, 0.2) is 0 Å². The van der Waals surface area contributed by atoms with Crippen LogP contribution in [0.2, 0.25) is 0 Å². The Balaban J connectivity index is 2.46. The van der Waals surface area contributed by atoms with Crippen molar-refractivity contribution in [2.75, 3.05) is 6.54 Å². The molecule has 0 aliphatic heterocycles. The average Bonchev–Trinajstić information content (AvgIpc) is 2.35. The number of carbonyl (C=O) groups excluding carboxylic acids is 1. The van der Waals surface area contributed by atoms with Crippen LogP contribution in [0.15, 0.2) is 30.5 Å². The first-order valence-electron chi connectivity index (χ1n) is 5.55. The molecule has 0 radical (unpaired) electrons. The minimum absolute atomic E-state index is 0.190. The van der Waals surface area contributed by atoms with E-state index in [1.807, 2.05) is 6.92 Å². The molecule has 0 saturated heterocycles. The highest BCUT2D eigenvalue weighted by atomic mass is 19.1.